The summed E-state index contributed by atoms with van der Waals surface area (Å²) in [6.45, 7) is 4.31. The highest BCUT2D eigenvalue weighted by molar-refractivity contribution is 7.52. The van der Waals surface area contributed by atoms with Crippen LogP contribution in [0.5, 0.6) is 5.75 Å². The predicted molar refractivity (Wildman–Crippen MR) is 134 cm³/mol. The number of carbonyl (C=O) groups excluding carboxylic acids is 1. The molecule has 36 heavy (non-hydrogen) atoms. The number of benzene rings is 1. The number of alkyl halides is 2. The molecule has 0 saturated heterocycles. The predicted octanol–water partition coefficient (Wildman–Crippen LogP) is 2.37. The summed E-state index contributed by atoms with van der Waals surface area (Å²) in [6.07, 6.45) is -3.22. The van der Waals surface area contributed by atoms with E-state index in [0.29, 0.717) is 4.57 Å². The number of para-hydroxylation sites is 1. The number of nitrogen functional groups attached to an aromatic ring is 1. The van der Waals surface area contributed by atoms with Crippen LogP contribution in [0.4, 0.5) is 5.82 Å². The molecule has 0 bridgehead atoms. The molecule has 0 saturated carbocycles. The number of halogens is 2. The molecule has 1 aromatic carbocycles. The molecule has 0 aliphatic rings. The van der Waals surface area contributed by atoms with Gasteiger partial charge in [-0.3, -0.25) is 13.9 Å². The van der Waals surface area contributed by atoms with E-state index in [2.05, 4.69) is 10.1 Å². The largest absolute Gasteiger partial charge is 0.462 e. The van der Waals surface area contributed by atoms with Gasteiger partial charge in [0.2, 0.25) is 0 Å². The molecule has 2 rings (SSSR count). The van der Waals surface area contributed by atoms with Gasteiger partial charge in [0.05, 0.1) is 18.8 Å². The molecule has 0 aliphatic heterocycles. The molecule has 0 spiro atoms. The summed E-state index contributed by atoms with van der Waals surface area (Å²) in [5.74, 6) is -0.579. The van der Waals surface area contributed by atoms with Gasteiger partial charge in [-0.1, -0.05) is 41.4 Å². The molecule has 15 heteroatoms. The zero-order valence-electron chi connectivity index (χ0n) is 19.8. The zero-order chi connectivity index (χ0) is 27.1. The number of ether oxygens (including phenoxy) is 1. The van der Waals surface area contributed by atoms with Gasteiger partial charge in [-0.2, -0.15) is 10.1 Å². The highest BCUT2D eigenvalue weighted by atomic mass is 35.5. The van der Waals surface area contributed by atoms with Crippen molar-refractivity contribution < 1.29 is 33.4 Å². The number of hydrogen-bond acceptors (Lipinski definition) is 10. The van der Waals surface area contributed by atoms with E-state index >= 15 is 0 Å². The highest BCUT2D eigenvalue weighted by Gasteiger charge is 2.43. The smallest absolute Gasteiger partial charge is 0.459 e. The van der Waals surface area contributed by atoms with E-state index in [-0.39, 0.29) is 18.0 Å². The number of rotatable bonds is 13. The summed E-state index contributed by atoms with van der Waals surface area (Å²) < 4.78 is 27.8. The van der Waals surface area contributed by atoms with Crippen LogP contribution in [0.25, 0.3) is 0 Å². The highest BCUT2D eigenvalue weighted by Crippen LogP contribution is 2.45. The van der Waals surface area contributed by atoms with E-state index < -0.39 is 54.8 Å². The fourth-order valence-electron chi connectivity index (χ4n) is 2.78. The van der Waals surface area contributed by atoms with Crippen molar-refractivity contribution in [3.8, 4) is 5.75 Å². The van der Waals surface area contributed by atoms with Crippen LogP contribution >= 0.6 is 30.9 Å². The van der Waals surface area contributed by atoms with Gasteiger partial charge in [-0.15, -0.1) is 0 Å². The van der Waals surface area contributed by atoms with Crippen LogP contribution in [-0.4, -0.2) is 54.9 Å². The van der Waals surface area contributed by atoms with Crippen LogP contribution in [0.2, 0.25) is 0 Å². The lowest BCUT2D eigenvalue weighted by atomic mass is 10.1. The summed E-state index contributed by atoms with van der Waals surface area (Å²) >= 11 is 12.3. The Kier molecular flexibility index (Phi) is 10.7. The van der Waals surface area contributed by atoms with Crippen molar-refractivity contribution in [2.45, 2.75) is 56.0 Å². The number of nitrogens with zero attached hydrogens (tertiary/aromatic N) is 2. The van der Waals surface area contributed by atoms with E-state index in [1.807, 2.05) is 0 Å². The standard InChI is InChI=1S/C21H29Cl2N4O8P/c1-13(2)34-18(29)14(3)26-36(32,35-15-7-5-4-6-8-15)33-12-10-16(28)21(22,23)19(30)27-11-9-17(24)25-20(27)31/h4-9,11,13-14,16,19,28,30H,10,12H2,1-3H3,(H,26,32)(H2,24,25,31). The second-order valence-electron chi connectivity index (χ2n) is 7.97. The quantitative estimate of drug-likeness (QED) is 0.159. The van der Waals surface area contributed by atoms with Crippen molar-refractivity contribution in [2.75, 3.05) is 12.3 Å². The Hall–Kier alpha value is -2.18. The molecule has 200 valence electrons. The second kappa shape index (κ2) is 12.9. The van der Waals surface area contributed by atoms with Crippen molar-refractivity contribution in [2.24, 2.45) is 0 Å². The summed E-state index contributed by atoms with van der Waals surface area (Å²) in [5.41, 5.74) is 4.48. The maximum atomic E-state index is 13.4. The number of nitrogens with one attached hydrogen (secondary N) is 1. The molecule has 0 radical (unpaired) electrons. The van der Waals surface area contributed by atoms with E-state index in [9.17, 15) is 24.4 Å². The first kappa shape index (κ1) is 30.0. The Morgan fingerprint density at radius 2 is 1.86 bits per heavy atom. The molecule has 0 amide bonds. The van der Waals surface area contributed by atoms with Gasteiger partial charge >= 0.3 is 19.4 Å². The SMILES string of the molecule is CC(C)OC(=O)C(C)NP(=O)(OCCC(O)C(Cl)(Cl)C(O)n1ccc(N)nc1=O)Oc1ccccc1. The Bertz CT molecular complexity index is 1120. The third-order valence-corrected chi connectivity index (χ3v) is 7.15. The Balaban J connectivity index is 2.11. The first-order valence-corrected chi connectivity index (χ1v) is 13.1. The Morgan fingerprint density at radius 3 is 2.44 bits per heavy atom. The van der Waals surface area contributed by atoms with Crippen LogP contribution in [0, 0.1) is 0 Å². The van der Waals surface area contributed by atoms with Gasteiger partial charge in [-0.25, -0.2) is 9.36 Å². The van der Waals surface area contributed by atoms with E-state index in [0.717, 1.165) is 6.20 Å². The molecule has 0 fully saturated rings. The first-order valence-electron chi connectivity index (χ1n) is 10.8. The minimum Gasteiger partial charge on any atom is -0.462 e. The minimum atomic E-state index is -4.19. The topological polar surface area (TPSA) is 175 Å². The lowest BCUT2D eigenvalue weighted by Crippen LogP contribution is -2.44. The van der Waals surface area contributed by atoms with Crippen molar-refractivity contribution in [1.82, 2.24) is 14.6 Å². The second-order valence-corrected chi connectivity index (χ2v) is 11.1. The molecular formula is C21H29Cl2N4O8P. The van der Waals surface area contributed by atoms with Crippen LogP contribution < -0.4 is 21.0 Å². The van der Waals surface area contributed by atoms with Gasteiger partial charge in [-0.05, 0) is 39.0 Å². The minimum absolute atomic E-state index is 0.0830. The monoisotopic (exact) mass is 566 g/mol. The third kappa shape index (κ3) is 8.45. The number of esters is 1. The molecule has 1 aromatic heterocycles. The van der Waals surface area contributed by atoms with E-state index in [4.69, 9.17) is 42.7 Å². The molecule has 2 aromatic rings. The summed E-state index contributed by atoms with van der Waals surface area (Å²) in [5, 5.41) is 23.5. The molecule has 5 N–H and O–H groups in total. The number of aliphatic hydroxyl groups excluding tert-OH is 2. The molecule has 4 unspecified atom stereocenters. The van der Waals surface area contributed by atoms with E-state index in [1.54, 1.807) is 32.0 Å². The summed E-state index contributed by atoms with van der Waals surface area (Å²) in [6, 6.07) is 8.23. The van der Waals surface area contributed by atoms with E-state index in [1.165, 1.54) is 25.1 Å². The van der Waals surface area contributed by atoms with Gasteiger partial charge in [0, 0.05) is 12.6 Å². The average Bonchev–Trinajstić information content (AvgIpc) is 2.78. The maximum Gasteiger partial charge on any atom is 0.459 e. The third-order valence-electron chi connectivity index (χ3n) is 4.58. The zero-order valence-corrected chi connectivity index (χ0v) is 22.2. The summed E-state index contributed by atoms with van der Waals surface area (Å²) in [7, 11) is -4.19. The van der Waals surface area contributed by atoms with Crippen LogP contribution in [0.15, 0.2) is 47.4 Å². The van der Waals surface area contributed by atoms with Crippen LogP contribution in [-0.2, 0) is 18.6 Å². The number of hydrogen-bond donors (Lipinski definition) is 4. The fourth-order valence-corrected chi connectivity index (χ4v) is 4.71. The Morgan fingerprint density at radius 1 is 1.22 bits per heavy atom. The van der Waals surface area contributed by atoms with Gasteiger partial charge < -0.3 is 25.2 Å². The molecule has 12 nitrogen and oxygen atoms in total. The number of aromatic nitrogens is 2. The number of carbonyl (C=O) groups is 1. The van der Waals surface area contributed by atoms with Crippen LogP contribution in [0.3, 0.4) is 0 Å². The average molecular weight is 567 g/mol. The van der Waals surface area contributed by atoms with Crippen molar-refractivity contribution in [3.05, 3.63) is 53.1 Å². The molecule has 4 atom stereocenters. The van der Waals surface area contributed by atoms with Crippen molar-refractivity contribution in [1.29, 1.82) is 0 Å². The lowest BCUT2D eigenvalue weighted by molar-refractivity contribution is -0.149. The maximum absolute atomic E-state index is 13.4. The van der Waals surface area contributed by atoms with Crippen molar-refractivity contribution >= 4 is 42.7 Å². The van der Waals surface area contributed by atoms with Crippen molar-refractivity contribution in [3.63, 3.8) is 0 Å². The van der Waals surface area contributed by atoms with Crippen LogP contribution in [0.1, 0.15) is 33.4 Å². The number of anilines is 1. The fraction of sp³-hybridized carbons (Fsp3) is 0.476. The number of aliphatic hydroxyl groups is 2. The van der Waals surface area contributed by atoms with Gasteiger partial charge in [0.15, 0.2) is 10.6 Å². The summed E-state index contributed by atoms with van der Waals surface area (Å²) in [4.78, 5) is 27.6. The molecular weight excluding hydrogens is 538 g/mol. The Labute approximate surface area is 217 Å². The number of nitrogens with two attached hydrogens (primary N) is 1. The lowest BCUT2D eigenvalue weighted by Gasteiger charge is -2.31. The first-order chi connectivity index (χ1) is 16.7. The van der Waals surface area contributed by atoms with Gasteiger partial charge in [0.1, 0.15) is 17.6 Å². The molecule has 1 heterocycles. The normalized spacial score (nSPS) is 16.1. The van der Waals surface area contributed by atoms with Gasteiger partial charge in [0.25, 0.3) is 0 Å². The molecule has 0 aliphatic carbocycles.